The Morgan fingerprint density at radius 2 is 1.00 bits per heavy atom. The molecule has 0 aromatic carbocycles. The third-order valence-electron chi connectivity index (χ3n) is 3.36. The van der Waals surface area contributed by atoms with Gasteiger partial charge in [0.25, 0.3) is 0 Å². The number of hydrogen-bond donors (Lipinski definition) is 5. The Labute approximate surface area is 163 Å². The van der Waals surface area contributed by atoms with Gasteiger partial charge in [0.05, 0.1) is 0 Å². The summed E-state index contributed by atoms with van der Waals surface area (Å²) in [5, 5.41) is 18.1. The van der Waals surface area contributed by atoms with Crippen LogP contribution in [-0.4, -0.2) is 64.7 Å². The number of ether oxygens (including phenoxy) is 1. The lowest BCUT2D eigenvalue weighted by Gasteiger charge is -2.23. The molecule has 0 heterocycles. The van der Waals surface area contributed by atoms with Crippen LogP contribution in [-0.2, 0) is 23.9 Å². The van der Waals surface area contributed by atoms with Gasteiger partial charge >= 0.3 is 12.1 Å². The highest BCUT2D eigenvalue weighted by Crippen LogP contribution is 2.06. The van der Waals surface area contributed by atoms with Gasteiger partial charge in [0.1, 0.15) is 29.8 Å². The van der Waals surface area contributed by atoms with Gasteiger partial charge in [-0.25, -0.2) is 4.79 Å². The summed E-state index contributed by atoms with van der Waals surface area (Å²) in [5.41, 5.74) is -0.720. The normalized spacial score (nSPS) is 15.2. The summed E-state index contributed by atoms with van der Waals surface area (Å²) in [6.45, 7) is 10.5. The number of alkyl carbamates (subject to hydrolysis) is 1. The summed E-state index contributed by atoms with van der Waals surface area (Å²) in [6.07, 6.45) is -0.773. The fourth-order valence-electron chi connectivity index (χ4n) is 1.76. The van der Waals surface area contributed by atoms with E-state index in [4.69, 9.17) is 9.84 Å². The summed E-state index contributed by atoms with van der Waals surface area (Å²) in [4.78, 5) is 58.5. The summed E-state index contributed by atoms with van der Waals surface area (Å²) >= 11 is 0. The molecule has 0 fully saturated rings. The van der Waals surface area contributed by atoms with Crippen LogP contribution < -0.4 is 21.3 Å². The molecule has 4 amide bonds. The lowest BCUT2D eigenvalue weighted by molar-refractivity contribution is -0.141. The van der Waals surface area contributed by atoms with Crippen molar-refractivity contribution in [1.29, 1.82) is 0 Å². The van der Waals surface area contributed by atoms with E-state index in [0.29, 0.717) is 0 Å². The summed E-state index contributed by atoms with van der Waals surface area (Å²) in [7, 11) is 0. The highest BCUT2D eigenvalue weighted by Gasteiger charge is 2.26. The van der Waals surface area contributed by atoms with Crippen LogP contribution in [0.3, 0.4) is 0 Å². The fraction of sp³-hybridized carbons (Fsp3) is 0.706. The van der Waals surface area contributed by atoms with E-state index in [0.717, 1.165) is 0 Å². The average Bonchev–Trinajstić information content (AvgIpc) is 2.52. The van der Waals surface area contributed by atoms with Crippen molar-refractivity contribution in [3.8, 4) is 0 Å². The van der Waals surface area contributed by atoms with E-state index in [-0.39, 0.29) is 0 Å². The van der Waals surface area contributed by atoms with Crippen molar-refractivity contribution in [1.82, 2.24) is 21.3 Å². The van der Waals surface area contributed by atoms with Gasteiger partial charge in [0.15, 0.2) is 0 Å². The lowest BCUT2D eigenvalue weighted by atomic mass is 10.2. The monoisotopic (exact) mass is 402 g/mol. The molecule has 0 rings (SSSR count). The zero-order chi connectivity index (χ0) is 22.2. The van der Waals surface area contributed by atoms with Crippen molar-refractivity contribution in [2.24, 2.45) is 0 Å². The van der Waals surface area contributed by atoms with E-state index in [1.165, 1.54) is 27.7 Å². The second-order valence-electron chi connectivity index (χ2n) is 7.40. The molecule has 4 atom stereocenters. The first-order valence-electron chi connectivity index (χ1n) is 8.77. The van der Waals surface area contributed by atoms with E-state index < -0.39 is 59.6 Å². The van der Waals surface area contributed by atoms with Gasteiger partial charge in [-0.05, 0) is 48.5 Å². The Morgan fingerprint density at radius 3 is 1.32 bits per heavy atom. The molecule has 0 saturated carbocycles. The number of amides is 4. The highest BCUT2D eigenvalue weighted by atomic mass is 16.6. The molecule has 4 unspecified atom stereocenters. The molecule has 0 aliphatic rings. The van der Waals surface area contributed by atoms with E-state index >= 15 is 0 Å². The number of aliphatic carboxylic acids is 1. The minimum absolute atomic E-state index is 0.620. The molecular formula is C17H30N4O7. The third kappa shape index (κ3) is 9.74. The van der Waals surface area contributed by atoms with Gasteiger partial charge < -0.3 is 31.1 Å². The summed E-state index contributed by atoms with van der Waals surface area (Å²) < 4.78 is 5.04. The largest absolute Gasteiger partial charge is 0.480 e. The first-order valence-corrected chi connectivity index (χ1v) is 8.77. The SMILES string of the molecule is CC(NC(=O)C(C)NC(=O)C(C)NC(=O)C(C)NC(=O)OC(C)(C)C)C(=O)O. The minimum atomic E-state index is -1.21. The average molecular weight is 402 g/mol. The van der Waals surface area contributed by atoms with Gasteiger partial charge in [-0.15, -0.1) is 0 Å². The molecule has 0 bridgehead atoms. The molecule has 11 heteroatoms. The van der Waals surface area contributed by atoms with Crippen LogP contribution in [0.5, 0.6) is 0 Å². The quantitative estimate of drug-likeness (QED) is 0.365. The summed E-state index contributed by atoms with van der Waals surface area (Å²) in [6, 6.07) is -4.07. The van der Waals surface area contributed by atoms with Crippen LogP contribution in [0.1, 0.15) is 48.5 Å². The second-order valence-corrected chi connectivity index (χ2v) is 7.40. The first kappa shape index (κ1) is 25.1. The van der Waals surface area contributed by atoms with E-state index in [1.54, 1.807) is 20.8 Å². The Kier molecular flexibility index (Phi) is 9.41. The first-order chi connectivity index (χ1) is 12.6. The van der Waals surface area contributed by atoms with E-state index in [9.17, 15) is 24.0 Å². The molecule has 0 radical (unpaired) electrons. The minimum Gasteiger partial charge on any atom is -0.480 e. The van der Waals surface area contributed by atoms with E-state index in [1.807, 2.05) is 0 Å². The molecule has 28 heavy (non-hydrogen) atoms. The molecule has 0 saturated heterocycles. The molecule has 160 valence electrons. The Morgan fingerprint density at radius 1 is 0.679 bits per heavy atom. The molecule has 0 aliphatic heterocycles. The standard InChI is InChI=1S/C17H30N4O7/c1-8(12(22)18-9(2)13(23)20-11(4)15(25)26)19-14(24)10(3)21-16(27)28-17(5,6)7/h8-11H,1-7H3,(H,18,22)(H,19,24)(H,20,23)(H,21,27)(H,25,26). The van der Waals surface area contributed by atoms with Gasteiger partial charge in [-0.2, -0.15) is 0 Å². The number of carboxylic acid groups (broad SMARTS) is 1. The summed E-state index contributed by atoms with van der Waals surface area (Å²) in [5.74, 6) is -3.16. The van der Waals surface area contributed by atoms with Crippen LogP contribution in [0, 0.1) is 0 Å². The van der Waals surface area contributed by atoms with Crippen molar-refractivity contribution >= 4 is 29.8 Å². The number of nitrogens with one attached hydrogen (secondary N) is 4. The third-order valence-corrected chi connectivity index (χ3v) is 3.36. The van der Waals surface area contributed by atoms with Crippen LogP contribution in [0.25, 0.3) is 0 Å². The molecule has 5 N–H and O–H groups in total. The maximum atomic E-state index is 12.1. The van der Waals surface area contributed by atoms with Gasteiger partial charge in [-0.1, -0.05) is 0 Å². The zero-order valence-corrected chi connectivity index (χ0v) is 17.2. The predicted octanol–water partition coefficient (Wildman–Crippen LogP) is -0.502. The van der Waals surface area contributed by atoms with Crippen molar-refractivity contribution in [3.63, 3.8) is 0 Å². The van der Waals surface area contributed by atoms with Crippen molar-refractivity contribution in [3.05, 3.63) is 0 Å². The van der Waals surface area contributed by atoms with Gasteiger partial charge in [0.2, 0.25) is 17.7 Å². The van der Waals surface area contributed by atoms with Crippen LogP contribution in [0.2, 0.25) is 0 Å². The van der Waals surface area contributed by atoms with E-state index in [2.05, 4.69) is 21.3 Å². The molecule has 0 aromatic rings. The second kappa shape index (κ2) is 10.5. The van der Waals surface area contributed by atoms with Gasteiger partial charge in [-0.3, -0.25) is 19.2 Å². The van der Waals surface area contributed by atoms with Crippen LogP contribution in [0.4, 0.5) is 4.79 Å². The number of hydrogen-bond acceptors (Lipinski definition) is 6. The van der Waals surface area contributed by atoms with Crippen molar-refractivity contribution < 1.29 is 33.8 Å². The molecule has 0 spiro atoms. The molecule has 11 nitrogen and oxygen atoms in total. The van der Waals surface area contributed by atoms with Crippen LogP contribution >= 0.6 is 0 Å². The van der Waals surface area contributed by atoms with Crippen LogP contribution in [0.15, 0.2) is 0 Å². The molecule has 0 aliphatic carbocycles. The molecular weight excluding hydrogens is 372 g/mol. The number of rotatable bonds is 8. The highest BCUT2D eigenvalue weighted by molar-refractivity contribution is 5.94. The number of carbonyl (C=O) groups excluding carboxylic acids is 4. The number of carboxylic acids is 1. The maximum Gasteiger partial charge on any atom is 0.408 e. The van der Waals surface area contributed by atoms with Gasteiger partial charge in [0, 0.05) is 0 Å². The van der Waals surface area contributed by atoms with Crippen molar-refractivity contribution in [2.45, 2.75) is 78.2 Å². The number of carbonyl (C=O) groups is 5. The smallest absolute Gasteiger partial charge is 0.408 e. The zero-order valence-electron chi connectivity index (χ0n) is 17.2. The molecule has 0 aromatic heterocycles. The maximum absolute atomic E-state index is 12.1. The van der Waals surface area contributed by atoms with Crippen molar-refractivity contribution in [2.75, 3.05) is 0 Å². The Hall–Kier alpha value is -2.85. The fourth-order valence-corrected chi connectivity index (χ4v) is 1.76. The Bertz CT molecular complexity index is 615. The topological polar surface area (TPSA) is 163 Å². The lowest BCUT2D eigenvalue weighted by Crippen LogP contribution is -2.55. The predicted molar refractivity (Wildman–Crippen MR) is 99.3 cm³/mol. The Balaban J connectivity index is 4.56.